The van der Waals surface area contributed by atoms with Gasteiger partial charge in [-0.3, -0.25) is 29.5 Å². The molecule has 9 heteroatoms. The van der Waals surface area contributed by atoms with Gasteiger partial charge in [-0.1, -0.05) is 30.3 Å². The summed E-state index contributed by atoms with van der Waals surface area (Å²) in [5.41, 5.74) is 3.73. The zero-order valence-corrected chi connectivity index (χ0v) is 20.8. The molecule has 0 unspecified atom stereocenters. The van der Waals surface area contributed by atoms with Gasteiger partial charge in [-0.2, -0.15) is 5.10 Å². The van der Waals surface area contributed by atoms with Crippen LogP contribution in [0.1, 0.15) is 28.9 Å². The van der Waals surface area contributed by atoms with Crippen LogP contribution in [0.15, 0.2) is 73.2 Å². The first-order chi connectivity index (χ1) is 18.1. The molecule has 9 nitrogen and oxygen atoms in total. The molecule has 2 N–H and O–H groups in total. The number of hydrogen-bond donors (Lipinski definition) is 2. The minimum absolute atomic E-state index is 0.0893. The molecule has 1 saturated heterocycles. The average Bonchev–Trinajstić information content (AvgIpc) is 3.67. The summed E-state index contributed by atoms with van der Waals surface area (Å²) in [6.45, 7) is 1.90. The van der Waals surface area contributed by atoms with Crippen molar-refractivity contribution < 1.29 is 14.3 Å². The van der Waals surface area contributed by atoms with Gasteiger partial charge < -0.3 is 4.74 Å². The number of nitrogens with zero attached hydrogens (tertiary/aromatic N) is 4. The van der Waals surface area contributed by atoms with Crippen molar-refractivity contribution in [2.75, 3.05) is 32.1 Å². The number of benzene rings is 2. The summed E-state index contributed by atoms with van der Waals surface area (Å²) in [6.07, 6.45) is 7.62. The molecule has 0 spiro atoms. The van der Waals surface area contributed by atoms with Crippen LogP contribution in [0.4, 0.5) is 5.95 Å². The second-order valence-corrected chi connectivity index (χ2v) is 9.22. The first-order valence-electron chi connectivity index (χ1n) is 12.4. The minimum Gasteiger partial charge on any atom is -0.383 e. The highest BCUT2D eigenvalue weighted by Gasteiger charge is 2.26. The van der Waals surface area contributed by atoms with Crippen LogP contribution in [-0.4, -0.2) is 69.2 Å². The Morgan fingerprint density at radius 3 is 2.78 bits per heavy atom. The molecule has 0 aliphatic carbocycles. The van der Waals surface area contributed by atoms with Crippen molar-refractivity contribution in [1.82, 2.24) is 24.6 Å². The molecule has 1 aliphatic rings. The SMILES string of the molecule is COC[C@@H]1CCCN1CC(=O)Cc1cn(-c2ccccc2)c(NC(=O)c2cccc(-c3cn[nH]c3)c2)n1. The van der Waals surface area contributed by atoms with E-state index in [0.29, 0.717) is 30.4 Å². The molecule has 0 saturated carbocycles. The second kappa shape index (κ2) is 11.3. The maximum Gasteiger partial charge on any atom is 0.258 e. The van der Waals surface area contributed by atoms with Crippen molar-refractivity contribution in [3.63, 3.8) is 0 Å². The van der Waals surface area contributed by atoms with E-state index in [2.05, 4.69) is 25.4 Å². The predicted octanol–water partition coefficient (Wildman–Crippen LogP) is 3.74. The van der Waals surface area contributed by atoms with Crippen LogP contribution in [0.25, 0.3) is 16.8 Å². The van der Waals surface area contributed by atoms with Gasteiger partial charge in [-0.25, -0.2) is 4.98 Å². The van der Waals surface area contributed by atoms with Crippen molar-refractivity contribution in [1.29, 1.82) is 0 Å². The largest absolute Gasteiger partial charge is 0.383 e. The molecule has 1 atom stereocenters. The maximum atomic E-state index is 13.2. The zero-order chi connectivity index (χ0) is 25.6. The summed E-state index contributed by atoms with van der Waals surface area (Å²) in [4.78, 5) is 33.0. The van der Waals surface area contributed by atoms with E-state index in [1.165, 1.54) is 0 Å². The highest BCUT2D eigenvalue weighted by atomic mass is 16.5. The van der Waals surface area contributed by atoms with Crippen molar-refractivity contribution in [3.8, 4) is 16.8 Å². The highest BCUT2D eigenvalue weighted by molar-refractivity contribution is 6.04. The van der Waals surface area contributed by atoms with Crippen molar-refractivity contribution in [2.45, 2.75) is 25.3 Å². The number of amides is 1. The van der Waals surface area contributed by atoms with Crippen LogP contribution in [-0.2, 0) is 16.0 Å². The first-order valence-corrected chi connectivity index (χ1v) is 12.4. The third kappa shape index (κ3) is 5.84. The Bertz CT molecular complexity index is 1350. The Labute approximate surface area is 215 Å². The summed E-state index contributed by atoms with van der Waals surface area (Å²) in [5, 5.41) is 9.71. The number of hydrogen-bond acceptors (Lipinski definition) is 6. The number of Topliss-reactive ketones (excluding diaryl/α,β-unsaturated/α-hetero) is 1. The lowest BCUT2D eigenvalue weighted by atomic mass is 10.1. The van der Waals surface area contributed by atoms with Crippen molar-refractivity contribution in [2.24, 2.45) is 0 Å². The number of methoxy groups -OCH3 is 1. The number of aromatic amines is 1. The molecule has 0 radical (unpaired) electrons. The average molecular weight is 499 g/mol. The number of carbonyl (C=O) groups excluding carboxylic acids is 2. The predicted molar refractivity (Wildman–Crippen MR) is 141 cm³/mol. The number of anilines is 1. The summed E-state index contributed by atoms with van der Waals surface area (Å²) in [6, 6.07) is 17.2. The van der Waals surface area contributed by atoms with E-state index in [4.69, 9.17) is 4.74 Å². The van der Waals surface area contributed by atoms with E-state index < -0.39 is 0 Å². The molecule has 190 valence electrons. The van der Waals surface area contributed by atoms with E-state index in [-0.39, 0.29) is 24.2 Å². The van der Waals surface area contributed by atoms with Crippen molar-refractivity contribution >= 4 is 17.6 Å². The van der Waals surface area contributed by atoms with E-state index >= 15 is 0 Å². The Morgan fingerprint density at radius 2 is 2.00 bits per heavy atom. The van der Waals surface area contributed by atoms with Crippen molar-refractivity contribution in [3.05, 3.63) is 84.4 Å². The van der Waals surface area contributed by atoms with E-state index in [1.807, 2.05) is 59.3 Å². The molecule has 1 aliphatic heterocycles. The van der Waals surface area contributed by atoms with E-state index in [1.54, 1.807) is 25.6 Å². The number of rotatable bonds is 10. The fourth-order valence-electron chi connectivity index (χ4n) is 4.78. The van der Waals surface area contributed by atoms with Gasteiger partial charge in [0.1, 0.15) is 0 Å². The van der Waals surface area contributed by atoms with Crippen LogP contribution in [0.5, 0.6) is 0 Å². The number of H-pyrrole nitrogens is 1. The van der Waals surface area contributed by atoms with Gasteiger partial charge in [-0.15, -0.1) is 0 Å². The topological polar surface area (TPSA) is 105 Å². The van der Waals surface area contributed by atoms with Crippen LogP contribution < -0.4 is 5.32 Å². The van der Waals surface area contributed by atoms with E-state index in [0.717, 1.165) is 36.2 Å². The number of ether oxygens (including phenoxy) is 1. The molecule has 0 bridgehead atoms. The molecule has 37 heavy (non-hydrogen) atoms. The third-order valence-electron chi connectivity index (χ3n) is 6.59. The number of nitrogens with one attached hydrogen (secondary N) is 2. The van der Waals surface area contributed by atoms with Crippen LogP contribution >= 0.6 is 0 Å². The van der Waals surface area contributed by atoms with Crippen LogP contribution in [0.3, 0.4) is 0 Å². The van der Waals surface area contributed by atoms with Gasteiger partial charge in [-0.05, 0) is 49.2 Å². The second-order valence-electron chi connectivity index (χ2n) is 9.22. The number of carbonyl (C=O) groups is 2. The third-order valence-corrected chi connectivity index (χ3v) is 6.59. The number of para-hydroxylation sites is 1. The van der Waals surface area contributed by atoms with E-state index in [9.17, 15) is 9.59 Å². The fourth-order valence-corrected chi connectivity index (χ4v) is 4.78. The molecule has 1 fully saturated rings. The van der Waals surface area contributed by atoms with Gasteiger partial charge >= 0.3 is 0 Å². The summed E-state index contributed by atoms with van der Waals surface area (Å²) < 4.78 is 7.12. The van der Waals surface area contributed by atoms with Gasteiger partial charge in [0.2, 0.25) is 5.95 Å². The maximum absolute atomic E-state index is 13.2. The van der Waals surface area contributed by atoms with Gasteiger partial charge in [0, 0.05) is 42.4 Å². The lowest BCUT2D eigenvalue weighted by molar-refractivity contribution is -0.120. The highest BCUT2D eigenvalue weighted by Crippen LogP contribution is 2.22. The number of likely N-dealkylation sites (tertiary alicyclic amines) is 1. The number of ketones is 1. The minimum atomic E-state index is -0.287. The summed E-state index contributed by atoms with van der Waals surface area (Å²) >= 11 is 0. The molecular weight excluding hydrogens is 468 g/mol. The van der Waals surface area contributed by atoms with Gasteiger partial charge in [0.05, 0.1) is 31.5 Å². The monoisotopic (exact) mass is 498 g/mol. The molecule has 1 amide bonds. The first kappa shape index (κ1) is 24.6. The van der Waals surface area contributed by atoms with Crippen LogP contribution in [0.2, 0.25) is 0 Å². The fraction of sp³-hybridized carbons (Fsp3) is 0.286. The standard InChI is InChI=1S/C28H30N6O3/c1-37-19-25-11-6-12-33(25)18-26(35)14-23-17-34(24-9-3-2-4-10-24)28(31-23)32-27(36)21-8-5-7-20(13-21)22-15-29-30-16-22/h2-5,7-10,13,15-17,25H,6,11-12,14,18-19H2,1H3,(H,29,30)(H,31,32,36)/t25-/m0/s1. The Kier molecular flexibility index (Phi) is 7.53. The molecule has 2 aromatic heterocycles. The smallest absolute Gasteiger partial charge is 0.258 e. The molecule has 2 aromatic carbocycles. The Balaban J connectivity index is 1.35. The lowest BCUT2D eigenvalue weighted by Crippen LogP contribution is -2.37. The Hall–Kier alpha value is -4.08. The number of aromatic nitrogens is 4. The number of imidazole rings is 1. The normalized spacial score (nSPS) is 15.6. The molecule has 4 aromatic rings. The molecule has 3 heterocycles. The quantitative estimate of drug-likeness (QED) is 0.345. The zero-order valence-electron chi connectivity index (χ0n) is 20.8. The van der Waals surface area contributed by atoms with Gasteiger partial charge in [0.15, 0.2) is 5.78 Å². The van der Waals surface area contributed by atoms with Crippen LogP contribution in [0, 0.1) is 0 Å². The summed E-state index contributed by atoms with van der Waals surface area (Å²) in [7, 11) is 1.69. The molecular formula is C28H30N6O3. The Morgan fingerprint density at radius 1 is 1.14 bits per heavy atom. The van der Waals surface area contributed by atoms with Gasteiger partial charge in [0.25, 0.3) is 5.91 Å². The lowest BCUT2D eigenvalue weighted by Gasteiger charge is -2.22. The summed E-state index contributed by atoms with van der Waals surface area (Å²) in [5.74, 6) is 0.169. The molecule has 5 rings (SSSR count).